The van der Waals surface area contributed by atoms with Gasteiger partial charge in [-0.2, -0.15) is 0 Å². The summed E-state index contributed by atoms with van der Waals surface area (Å²) < 4.78 is 54.1. The zero-order valence-electron chi connectivity index (χ0n) is 24.3. The molecule has 0 bridgehead atoms. The van der Waals surface area contributed by atoms with Crippen LogP contribution in [-0.2, 0) is 26.2 Å². The van der Waals surface area contributed by atoms with Crippen LogP contribution >= 0.6 is 0 Å². The molecule has 3 aromatic rings. The number of hydrogen-bond donors (Lipinski definition) is 1. The zero-order valence-corrected chi connectivity index (χ0v) is 25.1. The average Bonchev–Trinajstić information content (AvgIpc) is 3.52. The molecule has 43 heavy (non-hydrogen) atoms. The van der Waals surface area contributed by atoms with Crippen LogP contribution in [0.3, 0.4) is 0 Å². The predicted octanol–water partition coefficient (Wildman–Crippen LogP) is 4.58. The summed E-state index contributed by atoms with van der Waals surface area (Å²) in [6.07, 6.45) is 3.84. The molecule has 2 amide bonds. The van der Waals surface area contributed by atoms with Crippen LogP contribution in [0.4, 0.5) is 10.1 Å². The second-order valence-electron chi connectivity index (χ2n) is 10.9. The third-order valence-corrected chi connectivity index (χ3v) is 9.74. The first-order valence-electron chi connectivity index (χ1n) is 14.5. The molecule has 1 saturated carbocycles. The third kappa shape index (κ3) is 6.93. The molecule has 0 unspecified atom stereocenters. The summed E-state index contributed by atoms with van der Waals surface area (Å²) in [5.41, 5.74) is 1.87. The van der Waals surface area contributed by atoms with Gasteiger partial charge < -0.3 is 19.7 Å². The number of carbonyl (C=O) groups excluding carboxylic acids is 2. The molecule has 2 aliphatic rings. The maximum Gasteiger partial charge on any atom is 0.264 e. The minimum atomic E-state index is -4.35. The van der Waals surface area contributed by atoms with Crippen molar-refractivity contribution in [2.24, 2.45) is 0 Å². The van der Waals surface area contributed by atoms with Gasteiger partial charge in [0, 0.05) is 18.7 Å². The highest BCUT2D eigenvalue weighted by Gasteiger charge is 2.34. The van der Waals surface area contributed by atoms with E-state index in [1.54, 1.807) is 6.92 Å². The van der Waals surface area contributed by atoms with Crippen LogP contribution in [-0.4, -0.2) is 57.0 Å². The van der Waals surface area contributed by atoms with E-state index in [0.29, 0.717) is 12.4 Å². The normalized spacial score (nSPS) is 15.5. The topological polar surface area (TPSA) is 105 Å². The van der Waals surface area contributed by atoms with Crippen molar-refractivity contribution in [3.8, 4) is 11.5 Å². The quantitative estimate of drug-likeness (QED) is 0.361. The van der Waals surface area contributed by atoms with Gasteiger partial charge in [-0.25, -0.2) is 12.8 Å². The number of carbonyl (C=O) groups is 2. The van der Waals surface area contributed by atoms with E-state index in [0.717, 1.165) is 53.2 Å². The summed E-state index contributed by atoms with van der Waals surface area (Å²) in [5, 5.41) is 3.06. The van der Waals surface area contributed by atoms with Crippen LogP contribution in [0.1, 0.15) is 43.7 Å². The first kappa shape index (κ1) is 30.3. The van der Waals surface area contributed by atoms with Crippen molar-refractivity contribution in [3.63, 3.8) is 0 Å². The minimum Gasteiger partial charge on any atom is -0.486 e. The lowest BCUT2D eigenvalue weighted by Gasteiger charge is -2.33. The Balaban J connectivity index is 1.49. The number of aryl methyl sites for hydroxylation is 1. The molecule has 0 saturated heterocycles. The molecule has 0 radical (unpaired) electrons. The summed E-state index contributed by atoms with van der Waals surface area (Å²) in [4.78, 5) is 28.8. The van der Waals surface area contributed by atoms with Crippen molar-refractivity contribution in [1.82, 2.24) is 10.2 Å². The summed E-state index contributed by atoms with van der Waals surface area (Å²) in [6.45, 7) is 3.67. The summed E-state index contributed by atoms with van der Waals surface area (Å²) >= 11 is 0. The monoisotopic (exact) mass is 609 g/mol. The standard InChI is InChI=1S/C32H36FN3O6S/c1-22-7-3-4-8-24(22)20-35(23(2)32(38)34-26-9-5-6-10-26)31(37)21-36(27-13-11-25(33)12-14-27)43(39,40)28-15-16-29-30(19-28)42-18-17-41-29/h3-4,7-8,11-16,19,23,26H,5-6,9-10,17-18,20-21H2,1-2H3,(H,34,38)/t23-/m0/s1. The van der Waals surface area contributed by atoms with Crippen molar-refractivity contribution in [2.75, 3.05) is 24.1 Å². The van der Waals surface area contributed by atoms with Gasteiger partial charge in [0.15, 0.2) is 11.5 Å². The summed E-state index contributed by atoms with van der Waals surface area (Å²) in [5.74, 6) is -0.734. The Morgan fingerprint density at radius 3 is 2.35 bits per heavy atom. The highest BCUT2D eigenvalue weighted by molar-refractivity contribution is 7.92. The van der Waals surface area contributed by atoms with Crippen LogP contribution < -0.4 is 19.1 Å². The number of nitrogens with one attached hydrogen (secondary N) is 1. The molecule has 1 atom stereocenters. The number of amides is 2. The predicted molar refractivity (Wildman–Crippen MR) is 160 cm³/mol. The molecule has 1 aliphatic carbocycles. The number of hydrogen-bond acceptors (Lipinski definition) is 6. The van der Waals surface area contributed by atoms with Crippen molar-refractivity contribution in [3.05, 3.63) is 83.7 Å². The van der Waals surface area contributed by atoms with Crippen LogP contribution in [0.2, 0.25) is 0 Å². The van der Waals surface area contributed by atoms with Crippen LogP contribution in [0.25, 0.3) is 0 Å². The molecule has 1 heterocycles. The molecule has 5 rings (SSSR count). The molecule has 228 valence electrons. The second-order valence-corrected chi connectivity index (χ2v) is 12.8. The van der Waals surface area contributed by atoms with Gasteiger partial charge in [-0.15, -0.1) is 0 Å². The number of benzene rings is 3. The van der Waals surface area contributed by atoms with Gasteiger partial charge in [0.05, 0.1) is 10.6 Å². The Morgan fingerprint density at radius 2 is 1.65 bits per heavy atom. The lowest BCUT2D eigenvalue weighted by molar-refractivity contribution is -0.139. The van der Waals surface area contributed by atoms with Crippen molar-refractivity contribution >= 4 is 27.5 Å². The van der Waals surface area contributed by atoms with E-state index in [1.807, 2.05) is 31.2 Å². The Bertz CT molecular complexity index is 1570. The Hall–Kier alpha value is -4.12. The molecule has 1 N–H and O–H groups in total. The van der Waals surface area contributed by atoms with Crippen LogP contribution in [0.15, 0.2) is 71.6 Å². The molecule has 0 spiro atoms. The Kier molecular flexibility index (Phi) is 9.19. The SMILES string of the molecule is Cc1ccccc1CN(C(=O)CN(c1ccc(F)cc1)S(=O)(=O)c1ccc2c(c1)OCCO2)[C@@H](C)C(=O)NC1CCCC1. The molecular weight excluding hydrogens is 573 g/mol. The van der Waals surface area contributed by atoms with E-state index < -0.39 is 34.3 Å². The lowest BCUT2D eigenvalue weighted by Crippen LogP contribution is -2.52. The van der Waals surface area contributed by atoms with Crippen molar-refractivity contribution < 1.29 is 31.9 Å². The summed E-state index contributed by atoms with van der Waals surface area (Å²) in [7, 11) is -4.35. The Morgan fingerprint density at radius 1 is 0.977 bits per heavy atom. The maximum atomic E-state index is 14.1. The largest absolute Gasteiger partial charge is 0.486 e. The van der Waals surface area contributed by atoms with Gasteiger partial charge in [-0.05, 0) is 74.2 Å². The molecule has 1 fully saturated rings. The second kappa shape index (κ2) is 13.0. The number of nitrogens with zero attached hydrogens (tertiary/aromatic N) is 2. The highest BCUT2D eigenvalue weighted by Crippen LogP contribution is 2.34. The number of halogens is 1. The van der Waals surface area contributed by atoms with E-state index in [-0.39, 0.29) is 41.4 Å². The maximum absolute atomic E-state index is 14.1. The third-order valence-electron chi connectivity index (χ3n) is 7.97. The van der Waals surface area contributed by atoms with E-state index in [1.165, 1.54) is 35.2 Å². The van der Waals surface area contributed by atoms with Gasteiger partial charge in [0.2, 0.25) is 11.8 Å². The van der Waals surface area contributed by atoms with Gasteiger partial charge >= 0.3 is 0 Å². The van der Waals surface area contributed by atoms with Crippen LogP contribution in [0.5, 0.6) is 11.5 Å². The molecule has 3 aromatic carbocycles. The Labute approximate surface area is 251 Å². The smallest absolute Gasteiger partial charge is 0.264 e. The lowest BCUT2D eigenvalue weighted by atomic mass is 10.1. The first-order chi connectivity index (χ1) is 20.6. The van der Waals surface area contributed by atoms with Gasteiger partial charge in [0.1, 0.15) is 31.6 Å². The highest BCUT2D eigenvalue weighted by atomic mass is 32.2. The molecule has 0 aromatic heterocycles. The van der Waals surface area contributed by atoms with Gasteiger partial charge in [-0.3, -0.25) is 13.9 Å². The fraction of sp³-hybridized carbons (Fsp3) is 0.375. The molecule has 9 nitrogen and oxygen atoms in total. The van der Waals surface area contributed by atoms with E-state index >= 15 is 0 Å². The molecule has 11 heteroatoms. The first-order valence-corrected chi connectivity index (χ1v) is 15.9. The van der Waals surface area contributed by atoms with Gasteiger partial charge in [0.25, 0.3) is 10.0 Å². The molecule has 1 aliphatic heterocycles. The van der Waals surface area contributed by atoms with Crippen LogP contribution in [0, 0.1) is 12.7 Å². The average molecular weight is 610 g/mol. The van der Waals surface area contributed by atoms with E-state index in [2.05, 4.69) is 5.32 Å². The van der Waals surface area contributed by atoms with Crippen molar-refractivity contribution in [1.29, 1.82) is 0 Å². The fourth-order valence-corrected chi connectivity index (χ4v) is 6.82. The number of fused-ring (bicyclic) bond motifs is 1. The minimum absolute atomic E-state index is 0.0525. The summed E-state index contributed by atoms with van der Waals surface area (Å²) in [6, 6.07) is 15.8. The fourth-order valence-electron chi connectivity index (χ4n) is 5.39. The number of anilines is 1. The van der Waals surface area contributed by atoms with E-state index in [4.69, 9.17) is 9.47 Å². The number of sulfonamides is 1. The number of rotatable bonds is 10. The number of ether oxygens (including phenoxy) is 2. The molecular formula is C32H36FN3O6S. The zero-order chi connectivity index (χ0) is 30.6. The van der Waals surface area contributed by atoms with E-state index in [9.17, 15) is 22.4 Å². The van der Waals surface area contributed by atoms with Crippen molar-refractivity contribution in [2.45, 2.75) is 63.1 Å². The van der Waals surface area contributed by atoms with Gasteiger partial charge in [-0.1, -0.05) is 37.1 Å².